The number of amides is 1. The van der Waals surface area contributed by atoms with Gasteiger partial charge in [-0.15, -0.1) is 0 Å². The van der Waals surface area contributed by atoms with E-state index in [-0.39, 0.29) is 5.91 Å². The van der Waals surface area contributed by atoms with Crippen molar-refractivity contribution in [3.8, 4) is 0 Å². The molecule has 1 fully saturated rings. The van der Waals surface area contributed by atoms with E-state index in [1.807, 2.05) is 0 Å². The average molecular weight is 185 g/mol. The van der Waals surface area contributed by atoms with Crippen LogP contribution in [0.15, 0.2) is 0 Å². The maximum Gasteiger partial charge on any atom is 0.223 e. The van der Waals surface area contributed by atoms with Gasteiger partial charge in [0, 0.05) is 46.2 Å². The van der Waals surface area contributed by atoms with Gasteiger partial charge in [0.25, 0.3) is 0 Å². The monoisotopic (exact) mass is 185 g/mol. The minimum absolute atomic E-state index is 0.209. The number of nitrogens with zero attached hydrogens (tertiary/aromatic N) is 2. The molecule has 1 aliphatic heterocycles. The van der Waals surface area contributed by atoms with E-state index in [1.54, 1.807) is 19.0 Å². The smallest absolute Gasteiger partial charge is 0.223 e. The van der Waals surface area contributed by atoms with Crippen molar-refractivity contribution >= 4 is 5.91 Å². The van der Waals surface area contributed by atoms with E-state index in [9.17, 15) is 4.79 Å². The Bertz CT molecular complexity index is 182. The predicted molar refractivity (Wildman–Crippen MR) is 52.6 cm³/mol. The number of piperazine rings is 1. The summed E-state index contributed by atoms with van der Waals surface area (Å²) in [5.74, 6) is 0.209. The van der Waals surface area contributed by atoms with Crippen LogP contribution < -0.4 is 5.32 Å². The van der Waals surface area contributed by atoms with Gasteiger partial charge in [0.2, 0.25) is 5.91 Å². The second kappa shape index (κ2) is 4.58. The van der Waals surface area contributed by atoms with Crippen molar-refractivity contribution in [1.29, 1.82) is 0 Å². The summed E-state index contributed by atoms with van der Waals surface area (Å²) in [5.41, 5.74) is 0. The zero-order chi connectivity index (χ0) is 9.84. The summed E-state index contributed by atoms with van der Waals surface area (Å²) in [6.07, 6.45) is 0.622. The van der Waals surface area contributed by atoms with Crippen molar-refractivity contribution in [3.05, 3.63) is 0 Å². The van der Waals surface area contributed by atoms with Crippen molar-refractivity contribution in [1.82, 2.24) is 15.1 Å². The number of hydrogen-bond acceptors (Lipinski definition) is 3. The van der Waals surface area contributed by atoms with Crippen LogP contribution in [-0.2, 0) is 4.79 Å². The van der Waals surface area contributed by atoms with Gasteiger partial charge >= 0.3 is 0 Å². The third-order valence-electron chi connectivity index (χ3n) is 2.55. The molecule has 1 saturated heterocycles. The summed E-state index contributed by atoms with van der Waals surface area (Å²) in [7, 11) is 5.69. The van der Waals surface area contributed by atoms with E-state index in [4.69, 9.17) is 0 Å². The zero-order valence-electron chi connectivity index (χ0n) is 8.71. The van der Waals surface area contributed by atoms with Gasteiger partial charge in [0.1, 0.15) is 0 Å². The van der Waals surface area contributed by atoms with Crippen molar-refractivity contribution in [2.75, 3.05) is 40.8 Å². The lowest BCUT2D eigenvalue weighted by atomic mass is 10.1. The highest BCUT2D eigenvalue weighted by atomic mass is 16.2. The van der Waals surface area contributed by atoms with Crippen LogP contribution in [0.3, 0.4) is 0 Å². The summed E-state index contributed by atoms with van der Waals surface area (Å²) >= 11 is 0. The number of rotatable bonds is 2. The first-order valence-corrected chi connectivity index (χ1v) is 4.72. The standard InChI is InChI=1S/C9H19N3O/c1-11(2)9(13)6-8-7-10-4-5-12(8)3/h8,10H,4-7H2,1-3H3. The molecule has 76 valence electrons. The summed E-state index contributed by atoms with van der Waals surface area (Å²) in [5, 5.41) is 3.30. The maximum absolute atomic E-state index is 11.4. The van der Waals surface area contributed by atoms with Gasteiger partial charge in [-0.25, -0.2) is 0 Å². The second-order valence-corrected chi connectivity index (χ2v) is 3.83. The molecular weight excluding hydrogens is 166 g/mol. The summed E-state index contributed by atoms with van der Waals surface area (Å²) in [6, 6.07) is 0.364. The second-order valence-electron chi connectivity index (χ2n) is 3.83. The maximum atomic E-state index is 11.4. The molecule has 0 bridgehead atoms. The molecule has 1 rings (SSSR count). The van der Waals surface area contributed by atoms with Crippen LogP contribution in [0.4, 0.5) is 0 Å². The summed E-state index contributed by atoms with van der Waals surface area (Å²) in [4.78, 5) is 15.3. The average Bonchev–Trinajstić information content (AvgIpc) is 2.08. The normalized spacial score (nSPS) is 24.4. The van der Waals surface area contributed by atoms with Gasteiger partial charge in [-0.3, -0.25) is 4.79 Å². The minimum atomic E-state index is 0.209. The van der Waals surface area contributed by atoms with Crippen LogP contribution in [0.5, 0.6) is 0 Å². The van der Waals surface area contributed by atoms with Crippen molar-refractivity contribution in [2.45, 2.75) is 12.5 Å². The molecule has 1 amide bonds. The first kappa shape index (κ1) is 10.5. The van der Waals surface area contributed by atoms with Crippen LogP contribution >= 0.6 is 0 Å². The molecule has 4 heteroatoms. The first-order chi connectivity index (χ1) is 6.11. The number of carbonyl (C=O) groups is 1. The molecule has 0 aliphatic carbocycles. The van der Waals surface area contributed by atoms with Gasteiger partial charge in [0.05, 0.1) is 0 Å². The minimum Gasteiger partial charge on any atom is -0.349 e. The van der Waals surface area contributed by atoms with Crippen LogP contribution in [0.25, 0.3) is 0 Å². The molecule has 1 atom stereocenters. The summed E-state index contributed by atoms with van der Waals surface area (Å²) < 4.78 is 0. The molecule has 0 aromatic rings. The third kappa shape index (κ3) is 2.97. The Labute approximate surface area is 79.9 Å². The Morgan fingerprint density at radius 1 is 1.62 bits per heavy atom. The van der Waals surface area contributed by atoms with Crippen LogP contribution in [0.2, 0.25) is 0 Å². The van der Waals surface area contributed by atoms with E-state index < -0.39 is 0 Å². The number of carbonyl (C=O) groups excluding carboxylic acids is 1. The van der Waals surface area contributed by atoms with E-state index in [2.05, 4.69) is 17.3 Å². The van der Waals surface area contributed by atoms with E-state index in [1.165, 1.54) is 0 Å². The topological polar surface area (TPSA) is 35.6 Å². The number of likely N-dealkylation sites (N-methyl/N-ethyl adjacent to an activating group) is 1. The SMILES string of the molecule is CN(C)C(=O)CC1CNCCN1C. The largest absolute Gasteiger partial charge is 0.349 e. The lowest BCUT2D eigenvalue weighted by molar-refractivity contribution is -0.130. The molecule has 0 aromatic carbocycles. The lowest BCUT2D eigenvalue weighted by Gasteiger charge is -2.33. The van der Waals surface area contributed by atoms with Crippen molar-refractivity contribution in [3.63, 3.8) is 0 Å². The van der Waals surface area contributed by atoms with Gasteiger partial charge in [-0.05, 0) is 7.05 Å². The number of nitrogens with one attached hydrogen (secondary N) is 1. The van der Waals surface area contributed by atoms with E-state index in [0.29, 0.717) is 12.5 Å². The van der Waals surface area contributed by atoms with Crippen LogP contribution in [0.1, 0.15) is 6.42 Å². The molecule has 1 aliphatic rings. The first-order valence-electron chi connectivity index (χ1n) is 4.72. The molecule has 0 radical (unpaired) electrons. The number of hydrogen-bond donors (Lipinski definition) is 1. The fourth-order valence-electron chi connectivity index (χ4n) is 1.47. The predicted octanol–water partition coefficient (Wildman–Crippen LogP) is -0.632. The zero-order valence-corrected chi connectivity index (χ0v) is 8.71. The molecule has 1 unspecified atom stereocenters. The van der Waals surface area contributed by atoms with Gasteiger partial charge in [-0.2, -0.15) is 0 Å². The molecule has 4 nitrogen and oxygen atoms in total. The van der Waals surface area contributed by atoms with Gasteiger partial charge in [0.15, 0.2) is 0 Å². The van der Waals surface area contributed by atoms with Crippen LogP contribution in [0, 0.1) is 0 Å². The fourth-order valence-corrected chi connectivity index (χ4v) is 1.47. The van der Waals surface area contributed by atoms with Crippen molar-refractivity contribution < 1.29 is 4.79 Å². The molecule has 1 heterocycles. The molecule has 0 spiro atoms. The Morgan fingerprint density at radius 3 is 2.85 bits per heavy atom. The molecular formula is C9H19N3O. The summed E-state index contributed by atoms with van der Waals surface area (Å²) in [6.45, 7) is 2.99. The Kier molecular flexibility index (Phi) is 3.69. The fraction of sp³-hybridized carbons (Fsp3) is 0.889. The molecule has 0 aromatic heterocycles. The van der Waals surface area contributed by atoms with Crippen molar-refractivity contribution in [2.24, 2.45) is 0 Å². The lowest BCUT2D eigenvalue weighted by Crippen LogP contribution is -2.50. The quantitative estimate of drug-likeness (QED) is 0.622. The van der Waals surface area contributed by atoms with Gasteiger partial charge in [-0.1, -0.05) is 0 Å². The Morgan fingerprint density at radius 2 is 2.31 bits per heavy atom. The van der Waals surface area contributed by atoms with E-state index in [0.717, 1.165) is 19.6 Å². The van der Waals surface area contributed by atoms with Gasteiger partial charge < -0.3 is 15.1 Å². The molecule has 0 saturated carbocycles. The Balaban J connectivity index is 2.38. The van der Waals surface area contributed by atoms with E-state index >= 15 is 0 Å². The van der Waals surface area contributed by atoms with Crippen LogP contribution in [-0.4, -0.2) is 62.5 Å². The third-order valence-corrected chi connectivity index (χ3v) is 2.55. The highest BCUT2D eigenvalue weighted by Gasteiger charge is 2.21. The highest BCUT2D eigenvalue weighted by Crippen LogP contribution is 2.05. The molecule has 13 heavy (non-hydrogen) atoms. The molecule has 1 N–H and O–H groups in total. The highest BCUT2D eigenvalue weighted by molar-refractivity contribution is 5.76. The Hall–Kier alpha value is -0.610.